The molecule has 1 N–H and O–H groups in total. The Bertz CT molecular complexity index is 833. The molecule has 0 spiro atoms. The molecule has 1 unspecified atom stereocenters. The van der Waals surface area contributed by atoms with Crippen LogP contribution in [0.3, 0.4) is 0 Å². The number of ether oxygens (including phenoxy) is 1. The molecule has 1 saturated carbocycles. The predicted octanol–water partition coefficient (Wildman–Crippen LogP) is 3.67. The minimum Gasteiger partial charge on any atom is -0.447 e. The summed E-state index contributed by atoms with van der Waals surface area (Å²) in [4.78, 5) is 27.1. The zero-order valence-corrected chi connectivity index (χ0v) is 16.5. The highest BCUT2D eigenvalue weighted by Gasteiger charge is 2.37. The number of cyclic esters (lactones) is 1. The highest BCUT2D eigenvalue weighted by atomic mass is 16.6. The number of hydrogen-bond donors (Lipinski definition) is 1. The van der Waals surface area contributed by atoms with E-state index in [1.165, 1.54) is 12.8 Å². The number of nitrogens with zero attached hydrogens (tertiary/aromatic N) is 5. The van der Waals surface area contributed by atoms with E-state index in [-0.39, 0.29) is 24.1 Å². The van der Waals surface area contributed by atoms with Crippen molar-refractivity contribution in [2.45, 2.75) is 64.5 Å². The van der Waals surface area contributed by atoms with Gasteiger partial charge in [0.2, 0.25) is 11.8 Å². The van der Waals surface area contributed by atoms with Crippen LogP contribution in [-0.4, -0.2) is 38.9 Å². The van der Waals surface area contributed by atoms with Crippen LogP contribution < -0.4 is 10.2 Å². The van der Waals surface area contributed by atoms with Gasteiger partial charge in [0.1, 0.15) is 18.5 Å². The maximum Gasteiger partial charge on any atom is 0.415 e. The summed E-state index contributed by atoms with van der Waals surface area (Å²) in [5.41, 5.74) is 0. The van der Waals surface area contributed by atoms with E-state index in [0.717, 1.165) is 18.7 Å². The zero-order valence-electron chi connectivity index (χ0n) is 16.5. The molecular weight excluding hydrogens is 360 g/mol. The van der Waals surface area contributed by atoms with Gasteiger partial charge < -0.3 is 14.6 Å². The van der Waals surface area contributed by atoms with Crippen LogP contribution in [0.1, 0.15) is 70.1 Å². The molecule has 150 valence electrons. The molecule has 2 aromatic heterocycles. The van der Waals surface area contributed by atoms with Gasteiger partial charge in [-0.2, -0.15) is 9.97 Å². The molecule has 0 radical (unpaired) electrons. The Morgan fingerprint density at radius 1 is 1.21 bits per heavy atom. The summed E-state index contributed by atoms with van der Waals surface area (Å²) in [6.45, 7) is 6.40. The molecule has 3 heterocycles. The second-order valence-corrected chi connectivity index (χ2v) is 7.83. The summed E-state index contributed by atoms with van der Waals surface area (Å²) in [5.74, 6) is 2.87. The molecule has 2 atom stereocenters. The summed E-state index contributed by atoms with van der Waals surface area (Å²) in [7, 11) is 0. The van der Waals surface area contributed by atoms with Crippen molar-refractivity contribution in [2.24, 2.45) is 5.92 Å². The maximum absolute atomic E-state index is 12.2. The lowest BCUT2D eigenvalue weighted by molar-refractivity contribution is 0.177. The summed E-state index contributed by atoms with van der Waals surface area (Å²) in [6.07, 6.45) is 5.93. The highest BCUT2D eigenvalue weighted by Crippen LogP contribution is 2.33. The van der Waals surface area contributed by atoms with E-state index in [0.29, 0.717) is 30.2 Å². The number of hydrogen-bond acceptors (Lipinski definition) is 8. The van der Waals surface area contributed by atoms with Crippen LogP contribution in [0.15, 0.2) is 16.8 Å². The van der Waals surface area contributed by atoms with Crippen molar-refractivity contribution in [3.05, 3.63) is 24.0 Å². The predicted molar refractivity (Wildman–Crippen MR) is 102 cm³/mol. The summed E-state index contributed by atoms with van der Waals surface area (Å²) < 4.78 is 10.7. The Morgan fingerprint density at radius 2 is 2.00 bits per heavy atom. The first-order chi connectivity index (χ1) is 13.5. The fraction of sp³-hybridized carbons (Fsp3) is 0.632. The van der Waals surface area contributed by atoms with Gasteiger partial charge in [-0.3, -0.25) is 4.90 Å². The minimum absolute atomic E-state index is 0.0439. The first kappa shape index (κ1) is 18.6. The molecule has 2 fully saturated rings. The fourth-order valence-corrected chi connectivity index (χ4v) is 3.77. The first-order valence-electron chi connectivity index (χ1n) is 9.92. The average molecular weight is 386 g/mol. The molecule has 0 aromatic carbocycles. The van der Waals surface area contributed by atoms with Crippen LogP contribution in [0.2, 0.25) is 0 Å². The third-order valence-electron chi connectivity index (χ3n) is 5.46. The van der Waals surface area contributed by atoms with Crippen molar-refractivity contribution >= 4 is 17.9 Å². The fourth-order valence-electron chi connectivity index (χ4n) is 3.77. The van der Waals surface area contributed by atoms with Crippen molar-refractivity contribution in [1.82, 2.24) is 20.1 Å². The second kappa shape index (κ2) is 7.73. The van der Waals surface area contributed by atoms with Crippen molar-refractivity contribution in [3.8, 4) is 0 Å². The molecule has 1 saturated heterocycles. The molecule has 1 aliphatic heterocycles. The first-order valence-corrected chi connectivity index (χ1v) is 9.92. The average Bonchev–Trinajstić information content (AvgIpc) is 3.42. The van der Waals surface area contributed by atoms with Gasteiger partial charge >= 0.3 is 6.09 Å². The van der Waals surface area contributed by atoms with Crippen LogP contribution in [0.5, 0.6) is 0 Å². The number of carbonyl (C=O) groups excluding carboxylic acids is 1. The van der Waals surface area contributed by atoms with Gasteiger partial charge in [0.05, 0.1) is 6.04 Å². The van der Waals surface area contributed by atoms with Gasteiger partial charge in [0.25, 0.3) is 0 Å². The molecule has 2 aromatic rings. The molecule has 28 heavy (non-hydrogen) atoms. The van der Waals surface area contributed by atoms with Gasteiger partial charge in [-0.05, 0) is 31.7 Å². The normalized spacial score (nSPS) is 21.4. The number of aromatic nitrogens is 4. The van der Waals surface area contributed by atoms with Crippen LogP contribution in [0, 0.1) is 5.92 Å². The van der Waals surface area contributed by atoms with Gasteiger partial charge in [-0.1, -0.05) is 31.8 Å². The van der Waals surface area contributed by atoms with Gasteiger partial charge in [0.15, 0.2) is 5.82 Å². The molecule has 9 nitrogen and oxygen atoms in total. The molecule has 1 amide bonds. The van der Waals surface area contributed by atoms with E-state index in [2.05, 4.69) is 39.3 Å². The van der Waals surface area contributed by atoms with Crippen LogP contribution in [0.25, 0.3) is 0 Å². The smallest absolute Gasteiger partial charge is 0.415 e. The van der Waals surface area contributed by atoms with Crippen LogP contribution in [0.4, 0.5) is 16.6 Å². The van der Waals surface area contributed by atoms with E-state index in [1.54, 1.807) is 17.2 Å². The Balaban J connectivity index is 1.48. The van der Waals surface area contributed by atoms with E-state index >= 15 is 0 Å². The monoisotopic (exact) mass is 386 g/mol. The summed E-state index contributed by atoms with van der Waals surface area (Å²) in [5, 5.41) is 7.33. The van der Waals surface area contributed by atoms with E-state index in [4.69, 9.17) is 9.26 Å². The summed E-state index contributed by atoms with van der Waals surface area (Å²) >= 11 is 0. The molecule has 4 rings (SSSR count). The minimum atomic E-state index is -0.380. The Kier molecular flexibility index (Phi) is 5.15. The van der Waals surface area contributed by atoms with Crippen molar-refractivity contribution in [2.75, 3.05) is 16.8 Å². The molecule has 2 aliphatic rings. The largest absolute Gasteiger partial charge is 0.447 e. The molecular formula is C19H26N6O3. The number of nitrogens with one attached hydrogen (secondary N) is 1. The second-order valence-electron chi connectivity index (χ2n) is 7.83. The van der Waals surface area contributed by atoms with Gasteiger partial charge in [0, 0.05) is 12.1 Å². The molecule has 9 heteroatoms. The van der Waals surface area contributed by atoms with E-state index in [1.807, 2.05) is 6.92 Å². The lowest BCUT2D eigenvalue weighted by Crippen LogP contribution is -2.37. The number of amides is 1. The number of anilines is 2. The van der Waals surface area contributed by atoms with E-state index < -0.39 is 0 Å². The van der Waals surface area contributed by atoms with Crippen LogP contribution in [-0.2, 0) is 4.74 Å². The lowest BCUT2D eigenvalue weighted by Gasteiger charge is -2.23. The van der Waals surface area contributed by atoms with Crippen molar-refractivity contribution in [3.63, 3.8) is 0 Å². The number of rotatable bonds is 6. The Labute approximate surface area is 163 Å². The van der Waals surface area contributed by atoms with Crippen molar-refractivity contribution in [1.29, 1.82) is 0 Å². The van der Waals surface area contributed by atoms with Gasteiger partial charge in [-0.15, -0.1) is 0 Å². The highest BCUT2D eigenvalue weighted by molar-refractivity contribution is 5.89. The molecule has 1 aliphatic carbocycles. The molecule has 0 bridgehead atoms. The third-order valence-corrected chi connectivity index (χ3v) is 5.46. The zero-order chi connectivity index (χ0) is 19.7. The SMILES string of the molecule is CC(C)C1COC(=O)N1c1ccnc(N[C@@H](C)c2nc(C3CCCC3)no2)n1. The lowest BCUT2D eigenvalue weighted by atomic mass is 10.0. The van der Waals surface area contributed by atoms with E-state index in [9.17, 15) is 4.79 Å². The summed E-state index contributed by atoms with van der Waals surface area (Å²) in [6, 6.07) is 1.42. The van der Waals surface area contributed by atoms with Crippen LogP contribution >= 0.6 is 0 Å². The van der Waals surface area contributed by atoms with Gasteiger partial charge in [-0.25, -0.2) is 9.78 Å². The topological polar surface area (TPSA) is 106 Å². The Morgan fingerprint density at radius 3 is 2.75 bits per heavy atom. The number of carbonyl (C=O) groups is 1. The third kappa shape index (κ3) is 3.65. The standard InChI is InChI=1S/C19H26N6O3/c1-11(2)14-10-27-19(26)25(14)15-8-9-20-18(22-15)21-12(3)17-23-16(24-28-17)13-6-4-5-7-13/h8-9,11-14H,4-7,10H2,1-3H3,(H,20,21,22)/t12-,14?/m0/s1. The quantitative estimate of drug-likeness (QED) is 0.801. The Hall–Kier alpha value is -2.71. The van der Waals surface area contributed by atoms with Crippen molar-refractivity contribution < 1.29 is 14.1 Å². The maximum atomic E-state index is 12.2.